The Bertz CT molecular complexity index is 890. The molecule has 2 aliphatic heterocycles. The van der Waals surface area contributed by atoms with E-state index in [-0.39, 0.29) is 17.4 Å². The Balaban J connectivity index is 1.52. The van der Waals surface area contributed by atoms with E-state index in [4.69, 9.17) is 0 Å². The number of halogens is 1. The number of non-ortho nitro benzene ring substituents is 1. The Morgan fingerprint density at radius 1 is 1.00 bits per heavy atom. The number of nitro benzene ring substituents is 1. The lowest BCUT2D eigenvalue weighted by Gasteiger charge is -2.38. The van der Waals surface area contributed by atoms with Crippen LogP contribution >= 0.6 is 11.8 Å². The SMILES string of the molecule is O=C(c1cc([N+](=O)[O-])ccc1N1CCSCC1)N1CCN(C2=CCCC=C2F)CC1. The lowest BCUT2D eigenvalue weighted by atomic mass is 10.1. The normalized spacial score (nSPS) is 20.0. The zero-order valence-electron chi connectivity index (χ0n) is 16.8. The number of piperazine rings is 1. The molecule has 1 amide bonds. The molecule has 0 radical (unpaired) electrons. The molecule has 0 atom stereocenters. The van der Waals surface area contributed by atoms with Gasteiger partial charge >= 0.3 is 0 Å². The van der Waals surface area contributed by atoms with Crippen LogP contribution < -0.4 is 4.90 Å². The zero-order valence-corrected chi connectivity index (χ0v) is 17.6. The summed E-state index contributed by atoms with van der Waals surface area (Å²) in [6.45, 7) is 3.64. The Kier molecular flexibility index (Phi) is 6.26. The minimum atomic E-state index is -0.463. The molecule has 0 aromatic heterocycles. The molecule has 3 aliphatic rings. The molecule has 0 N–H and O–H groups in total. The average molecular weight is 433 g/mol. The average Bonchev–Trinajstić information content (AvgIpc) is 2.79. The summed E-state index contributed by atoms with van der Waals surface area (Å²) in [6.07, 6.45) is 5.07. The van der Waals surface area contributed by atoms with E-state index in [1.807, 2.05) is 22.7 Å². The zero-order chi connectivity index (χ0) is 21.1. The van der Waals surface area contributed by atoms with Crippen molar-refractivity contribution < 1.29 is 14.1 Å². The molecule has 1 aromatic carbocycles. The second-order valence-electron chi connectivity index (χ2n) is 7.56. The molecule has 0 spiro atoms. The molecule has 9 heteroatoms. The van der Waals surface area contributed by atoms with E-state index in [0.717, 1.165) is 43.1 Å². The van der Waals surface area contributed by atoms with E-state index in [2.05, 4.69) is 4.90 Å². The van der Waals surface area contributed by atoms with E-state index < -0.39 is 4.92 Å². The van der Waals surface area contributed by atoms with Crippen LogP contribution in [0.4, 0.5) is 15.8 Å². The van der Waals surface area contributed by atoms with Crippen molar-refractivity contribution in [1.29, 1.82) is 0 Å². The van der Waals surface area contributed by atoms with Gasteiger partial charge in [0.05, 0.1) is 21.9 Å². The van der Waals surface area contributed by atoms with Crippen molar-refractivity contribution in [3.8, 4) is 0 Å². The summed E-state index contributed by atoms with van der Waals surface area (Å²) in [7, 11) is 0. The number of anilines is 1. The number of nitro groups is 1. The molecule has 4 rings (SSSR count). The van der Waals surface area contributed by atoms with Crippen molar-refractivity contribution in [1.82, 2.24) is 9.80 Å². The lowest BCUT2D eigenvalue weighted by molar-refractivity contribution is -0.384. The van der Waals surface area contributed by atoms with E-state index in [1.54, 1.807) is 17.0 Å². The van der Waals surface area contributed by atoms with Gasteiger partial charge in [-0.2, -0.15) is 11.8 Å². The summed E-state index contributed by atoms with van der Waals surface area (Å²) in [5.74, 6) is 1.56. The molecule has 2 fully saturated rings. The highest BCUT2D eigenvalue weighted by atomic mass is 32.2. The van der Waals surface area contributed by atoms with Gasteiger partial charge in [-0.15, -0.1) is 0 Å². The number of rotatable bonds is 4. The first-order valence-corrected chi connectivity index (χ1v) is 11.4. The fourth-order valence-electron chi connectivity index (χ4n) is 4.12. The summed E-state index contributed by atoms with van der Waals surface area (Å²) < 4.78 is 14.1. The van der Waals surface area contributed by atoms with Crippen molar-refractivity contribution in [3.05, 3.63) is 57.6 Å². The van der Waals surface area contributed by atoms with E-state index in [0.29, 0.717) is 37.4 Å². The number of hydrogen-bond acceptors (Lipinski definition) is 6. The molecule has 2 heterocycles. The molecule has 1 aromatic rings. The van der Waals surface area contributed by atoms with Crippen LogP contribution in [-0.4, -0.2) is 71.4 Å². The molecule has 30 heavy (non-hydrogen) atoms. The highest BCUT2D eigenvalue weighted by molar-refractivity contribution is 7.99. The fraction of sp³-hybridized carbons (Fsp3) is 0.476. The van der Waals surface area contributed by atoms with Gasteiger partial charge in [0.15, 0.2) is 0 Å². The van der Waals surface area contributed by atoms with Gasteiger partial charge in [-0.1, -0.05) is 6.08 Å². The highest BCUT2D eigenvalue weighted by Crippen LogP contribution is 2.30. The van der Waals surface area contributed by atoms with Crippen LogP contribution in [0.3, 0.4) is 0 Å². The van der Waals surface area contributed by atoms with E-state index >= 15 is 0 Å². The number of thioether (sulfide) groups is 1. The van der Waals surface area contributed by atoms with Gasteiger partial charge in [0.25, 0.3) is 11.6 Å². The van der Waals surface area contributed by atoms with Crippen molar-refractivity contribution in [2.45, 2.75) is 12.8 Å². The number of carbonyl (C=O) groups excluding carboxylic acids is 1. The first-order valence-electron chi connectivity index (χ1n) is 10.3. The monoisotopic (exact) mass is 432 g/mol. The van der Waals surface area contributed by atoms with Gasteiger partial charge in [-0.05, 0) is 25.0 Å². The van der Waals surface area contributed by atoms with Crippen LogP contribution in [0.1, 0.15) is 23.2 Å². The van der Waals surface area contributed by atoms with Gasteiger partial charge in [0.2, 0.25) is 0 Å². The van der Waals surface area contributed by atoms with Crippen molar-refractivity contribution in [2.24, 2.45) is 0 Å². The van der Waals surface area contributed by atoms with Gasteiger partial charge < -0.3 is 14.7 Å². The molecule has 1 aliphatic carbocycles. The Labute approximate surface area is 179 Å². The number of nitrogens with zero attached hydrogens (tertiary/aromatic N) is 4. The van der Waals surface area contributed by atoms with Gasteiger partial charge in [0.1, 0.15) is 5.83 Å². The molecule has 0 bridgehead atoms. The maximum absolute atomic E-state index is 14.1. The summed E-state index contributed by atoms with van der Waals surface area (Å²) in [5, 5.41) is 11.3. The molecule has 0 unspecified atom stereocenters. The minimum absolute atomic E-state index is 0.0771. The smallest absolute Gasteiger partial charge is 0.270 e. The molecular weight excluding hydrogens is 407 g/mol. The predicted molar refractivity (Wildman–Crippen MR) is 117 cm³/mol. The van der Waals surface area contributed by atoms with Crippen molar-refractivity contribution in [2.75, 3.05) is 55.7 Å². The molecule has 0 saturated carbocycles. The topological polar surface area (TPSA) is 69.9 Å². The molecular formula is C21H25FN4O3S. The van der Waals surface area contributed by atoms with E-state index in [1.165, 1.54) is 12.1 Å². The second-order valence-corrected chi connectivity index (χ2v) is 8.78. The van der Waals surface area contributed by atoms with Crippen LogP contribution in [0.15, 0.2) is 41.9 Å². The first-order chi connectivity index (χ1) is 14.5. The third-order valence-corrected chi connectivity index (χ3v) is 6.70. The van der Waals surface area contributed by atoms with Crippen LogP contribution in [0.5, 0.6) is 0 Å². The summed E-state index contributed by atoms with van der Waals surface area (Å²) in [5.41, 5.74) is 1.69. The standard InChI is InChI=1S/C21H25FN4O3S/c22-18-3-1-2-4-20(18)23-7-9-25(10-8-23)21(27)17-15-16(26(28)29)5-6-19(17)24-11-13-30-14-12-24/h3-6,15H,1-2,7-14H2. The number of hydrogen-bond donors (Lipinski definition) is 0. The van der Waals surface area contributed by atoms with Crippen molar-refractivity contribution in [3.63, 3.8) is 0 Å². The van der Waals surface area contributed by atoms with Gasteiger partial charge in [-0.25, -0.2) is 4.39 Å². The maximum atomic E-state index is 14.1. The molecule has 2 saturated heterocycles. The Morgan fingerprint density at radius 3 is 2.37 bits per heavy atom. The largest absolute Gasteiger partial charge is 0.369 e. The second kappa shape index (κ2) is 9.07. The predicted octanol–water partition coefficient (Wildman–Crippen LogP) is 3.44. The van der Waals surface area contributed by atoms with E-state index in [9.17, 15) is 19.3 Å². The first kappa shape index (κ1) is 20.7. The number of carbonyl (C=O) groups is 1. The van der Waals surface area contributed by atoms with Gasteiger partial charge in [-0.3, -0.25) is 14.9 Å². The summed E-state index contributed by atoms with van der Waals surface area (Å²) >= 11 is 1.87. The lowest BCUT2D eigenvalue weighted by Crippen LogP contribution is -2.48. The van der Waals surface area contributed by atoms with Crippen LogP contribution in [0.2, 0.25) is 0 Å². The third kappa shape index (κ3) is 4.30. The Hall–Kier alpha value is -2.55. The van der Waals surface area contributed by atoms with Crippen LogP contribution in [0.25, 0.3) is 0 Å². The highest BCUT2D eigenvalue weighted by Gasteiger charge is 2.29. The minimum Gasteiger partial charge on any atom is -0.369 e. The maximum Gasteiger partial charge on any atom is 0.270 e. The Morgan fingerprint density at radius 2 is 1.70 bits per heavy atom. The van der Waals surface area contributed by atoms with Crippen LogP contribution in [0, 0.1) is 10.1 Å². The van der Waals surface area contributed by atoms with Gasteiger partial charge in [0, 0.05) is 62.9 Å². The molecule has 160 valence electrons. The van der Waals surface area contributed by atoms with Crippen molar-refractivity contribution >= 4 is 29.0 Å². The third-order valence-electron chi connectivity index (χ3n) is 5.75. The summed E-state index contributed by atoms with van der Waals surface area (Å²) in [6, 6.07) is 4.57. The molecule has 7 nitrogen and oxygen atoms in total. The number of amides is 1. The quantitative estimate of drug-likeness (QED) is 0.536. The fourth-order valence-corrected chi connectivity index (χ4v) is 5.03. The summed E-state index contributed by atoms with van der Waals surface area (Å²) in [4.78, 5) is 30.0. The number of benzene rings is 1. The van der Waals surface area contributed by atoms with Crippen LogP contribution in [-0.2, 0) is 0 Å². The number of allylic oxidation sites excluding steroid dienone is 3.